The third kappa shape index (κ3) is 5.37. The Morgan fingerprint density at radius 1 is 1.22 bits per heavy atom. The van der Waals surface area contributed by atoms with Crippen LogP contribution in [0.5, 0.6) is 5.75 Å². The average Bonchev–Trinajstić information content (AvgIpc) is 3.37. The molecular formula is C26H24ClFN6O2. The van der Waals surface area contributed by atoms with Gasteiger partial charge in [-0.05, 0) is 54.3 Å². The zero-order valence-electron chi connectivity index (χ0n) is 19.2. The highest BCUT2D eigenvalue weighted by Crippen LogP contribution is 2.35. The molecule has 184 valence electrons. The van der Waals surface area contributed by atoms with Gasteiger partial charge in [0.1, 0.15) is 24.5 Å². The Morgan fingerprint density at radius 2 is 2.11 bits per heavy atom. The molecule has 1 saturated heterocycles. The lowest BCUT2D eigenvalue weighted by atomic mass is 9.92. The van der Waals surface area contributed by atoms with Crippen LogP contribution in [0, 0.1) is 11.7 Å². The maximum atomic E-state index is 13.4. The first-order valence-electron chi connectivity index (χ1n) is 11.5. The molecule has 0 spiro atoms. The van der Waals surface area contributed by atoms with Gasteiger partial charge in [-0.2, -0.15) is 0 Å². The van der Waals surface area contributed by atoms with E-state index in [-0.39, 0.29) is 30.3 Å². The van der Waals surface area contributed by atoms with E-state index in [1.165, 1.54) is 18.5 Å². The first kappa shape index (κ1) is 23.9. The Morgan fingerprint density at radius 3 is 2.89 bits per heavy atom. The fourth-order valence-corrected chi connectivity index (χ4v) is 4.65. The van der Waals surface area contributed by atoms with Crippen LogP contribution in [0.15, 0.2) is 67.3 Å². The molecule has 10 heteroatoms. The minimum Gasteiger partial charge on any atom is -0.487 e. The molecule has 0 radical (unpaired) electrons. The summed E-state index contributed by atoms with van der Waals surface area (Å²) in [5.74, 6) is -0.166. The van der Waals surface area contributed by atoms with Crippen LogP contribution in [0.25, 0.3) is 10.9 Å². The summed E-state index contributed by atoms with van der Waals surface area (Å²) in [4.78, 5) is 24.8. The summed E-state index contributed by atoms with van der Waals surface area (Å²) in [5, 5.41) is 8.00. The van der Waals surface area contributed by atoms with E-state index >= 15 is 0 Å². The van der Waals surface area contributed by atoms with Crippen LogP contribution in [0.1, 0.15) is 23.7 Å². The van der Waals surface area contributed by atoms with E-state index in [1.807, 2.05) is 12.1 Å². The topological polar surface area (TPSA) is 115 Å². The predicted molar refractivity (Wildman–Crippen MR) is 135 cm³/mol. The number of nitrogens with one attached hydrogen (secondary N) is 2. The molecule has 1 amide bonds. The molecular weight excluding hydrogens is 483 g/mol. The van der Waals surface area contributed by atoms with Gasteiger partial charge >= 0.3 is 0 Å². The van der Waals surface area contributed by atoms with Gasteiger partial charge < -0.3 is 21.1 Å². The molecule has 0 saturated carbocycles. The molecule has 5 rings (SSSR count). The average molecular weight is 507 g/mol. The molecule has 3 atom stereocenters. The van der Waals surface area contributed by atoms with Crippen molar-refractivity contribution in [2.45, 2.75) is 25.1 Å². The quantitative estimate of drug-likeness (QED) is 0.330. The van der Waals surface area contributed by atoms with Crippen LogP contribution in [-0.2, 0) is 11.4 Å². The van der Waals surface area contributed by atoms with Crippen LogP contribution in [0.3, 0.4) is 0 Å². The number of primary amides is 1. The van der Waals surface area contributed by atoms with Crippen molar-refractivity contribution in [1.82, 2.24) is 20.3 Å². The molecule has 36 heavy (non-hydrogen) atoms. The number of nitrogens with two attached hydrogens (primary N) is 1. The Labute approximate surface area is 212 Å². The molecule has 3 unspecified atom stereocenters. The fourth-order valence-electron chi connectivity index (χ4n) is 4.41. The molecule has 8 nitrogen and oxygen atoms in total. The number of nitrogens with zero attached hydrogens (tertiary/aromatic N) is 3. The number of fused-ring (bicyclic) bond motifs is 1. The summed E-state index contributed by atoms with van der Waals surface area (Å²) >= 11 is 6.51. The largest absolute Gasteiger partial charge is 0.487 e. The predicted octanol–water partition coefficient (Wildman–Crippen LogP) is 4.01. The van der Waals surface area contributed by atoms with E-state index in [1.54, 1.807) is 36.7 Å². The third-order valence-corrected chi connectivity index (χ3v) is 6.54. The van der Waals surface area contributed by atoms with Crippen molar-refractivity contribution < 1.29 is 13.9 Å². The normalized spacial score (nSPS) is 18.2. The molecule has 1 aliphatic heterocycles. The highest BCUT2D eigenvalue weighted by molar-refractivity contribution is 6.32. The molecule has 2 aromatic carbocycles. The number of benzene rings is 2. The lowest BCUT2D eigenvalue weighted by Crippen LogP contribution is -2.36. The maximum absolute atomic E-state index is 13.4. The number of halogens is 2. The van der Waals surface area contributed by atoms with Gasteiger partial charge in [-0.1, -0.05) is 23.7 Å². The van der Waals surface area contributed by atoms with E-state index in [4.69, 9.17) is 22.1 Å². The Balaban J connectivity index is 1.38. The molecule has 2 aromatic heterocycles. The Kier molecular flexibility index (Phi) is 6.92. The number of aromatic nitrogens is 3. The van der Waals surface area contributed by atoms with Crippen molar-refractivity contribution in [1.29, 1.82) is 0 Å². The smallest absolute Gasteiger partial charge is 0.234 e. The molecule has 1 aliphatic rings. The molecule has 4 aromatic rings. The van der Waals surface area contributed by atoms with Crippen LogP contribution in [0.4, 0.5) is 10.1 Å². The second-order valence-corrected chi connectivity index (χ2v) is 9.14. The second kappa shape index (κ2) is 10.4. The van der Waals surface area contributed by atoms with E-state index in [9.17, 15) is 9.18 Å². The van der Waals surface area contributed by atoms with Gasteiger partial charge in [-0.15, -0.1) is 0 Å². The fraction of sp³-hybridized carbons (Fsp3) is 0.231. The summed E-state index contributed by atoms with van der Waals surface area (Å²) in [7, 11) is 0. The molecule has 3 heterocycles. The lowest BCUT2D eigenvalue weighted by Gasteiger charge is -2.25. The zero-order chi connectivity index (χ0) is 25.1. The Hall–Kier alpha value is -3.82. The van der Waals surface area contributed by atoms with Crippen LogP contribution < -0.4 is 21.1 Å². The van der Waals surface area contributed by atoms with Gasteiger partial charge in [-0.3, -0.25) is 9.78 Å². The minimum atomic E-state index is -0.398. The summed E-state index contributed by atoms with van der Waals surface area (Å²) in [6.45, 7) is 0.789. The van der Waals surface area contributed by atoms with E-state index in [0.29, 0.717) is 29.3 Å². The summed E-state index contributed by atoms with van der Waals surface area (Å²) < 4.78 is 19.2. The van der Waals surface area contributed by atoms with Crippen LogP contribution >= 0.6 is 11.6 Å². The van der Waals surface area contributed by atoms with E-state index in [2.05, 4.69) is 25.6 Å². The van der Waals surface area contributed by atoms with Gasteiger partial charge in [0.05, 0.1) is 34.5 Å². The molecule has 1 fully saturated rings. The first-order valence-corrected chi connectivity index (χ1v) is 11.9. The number of pyridine rings is 1. The highest BCUT2D eigenvalue weighted by Gasteiger charge is 2.35. The first-order chi connectivity index (χ1) is 17.5. The number of hydrogen-bond acceptors (Lipinski definition) is 7. The SMILES string of the molecule is NC(=O)C1CC(C(Nc2ccc(OCc3cccc(F)c3)c(Cl)c2)c2cc3cncnc3cn2)CN1. The zero-order valence-corrected chi connectivity index (χ0v) is 20.0. The number of hydrogen-bond donors (Lipinski definition) is 3. The number of ether oxygens (including phenoxy) is 1. The number of carbonyl (C=O) groups is 1. The Bertz CT molecular complexity index is 1400. The summed E-state index contributed by atoms with van der Waals surface area (Å²) in [5.41, 5.74) is 8.54. The van der Waals surface area contributed by atoms with Gasteiger partial charge in [0, 0.05) is 23.8 Å². The number of rotatable bonds is 8. The molecule has 0 aliphatic carbocycles. The van der Waals surface area contributed by atoms with Crippen molar-refractivity contribution in [3.63, 3.8) is 0 Å². The minimum absolute atomic E-state index is 0.0414. The van der Waals surface area contributed by atoms with Crippen molar-refractivity contribution in [3.05, 3.63) is 89.3 Å². The maximum Gasteiger partial charge on any atom is 0.234 e. The van der Waals surface area contributed by atoms with Crippen molar-refractivity contribution in [2.75, 3.05) is 11.9 Å². The van der Waals surface area contributed by atoms with Crippen molar-refractivity contribution in [3.8, 4) is 5.75 Å². The molecule has 4 N–H and O–H groups in total. The van der Waals surface area contributed by atoms with E-state index in [0.717, 1.165) is 22.3 Å². The van der Waals surface area contributed by atoms with Crippen LogP contribution in [-0.4, -0.2) is 33.4 Å². The van der Waals surface area contributed by atoms with Gasteiger partial charge in [0.2, 0.25) is 5.91 Å². The monoisotopic (exact) mass is 506 g/mol. The number of anilines is 1. The third-order valence-electron chi connectivity index (χ3n) is 6.25. The van der Waals surface area contributed by atoms with Crippen molar-refractivity contribution >= 4 is 34.1 Å². The van der Waals surface area contributed by atoms with Gasteiger partial charge in [-0.25, -0.2) is 14.4 Å². The highest BCUT2D eigenvalue weighted by atomic mass is 35.5. The van der Waals surface area contributed by atoms with Crippen LogP contribution in [0.2, 0.25) is 5.02 Å². The van der Waals surface area contributed by atoms with Gasteiger partial charge in [0.25, 0.3) is 0 Å². The van der Waals surface area contributed by atoms with Crippen molar-refractivity contribution in [2.24, 2.45) is 11.7 Å². The van der Waals surface area contributed by atoms with E-state index < -0.39 is 6.04 Å². The van der Waals surface area contributed by atoms with Gasteiger partial charge in [0.15, 0.2) is 0 Å². The summed E-state index contributed by atoms with van der Waals surface area (Å²) in [6.07, 6.45) is 5.51. The number of amides is 1. The lowest BCUT2D eigenvalue weighted by molar-refractivity contribution is -0.119. The number of carbonyl (C=O) groups excluding carboxylic acids is 1. The second-order valence-electron chi connectivity index (χ2n) is 8.74. The standard InChI is InChI=1S/C26H24ClFN6O2/c27-20-9-19(4-5-24(20)36-13-15-2-1-3-18(28)6-15)34-25(17-8-22(26(29)35)31-11-17)21-7-16-10-30-14-33-23(16)12-32-21/h1-7,9-10,12,14,17,22,25,31,34H,8,11,13H2,(H2,29,35). The molecule has 0 bridgehead atoms. The summed E-state index contributed by atoms with van der Waals surface area (Å²) in [6, 6.07) is 12.9.